The van der Waals surface area contributed by atoms with Crippen molar-refractivity contribution in [3.8, 4) is 0 Å². The maximum atomic E-state index is 12.5. The van der Waals surface area contributed by atoms with E-state index in [-0.39, 0.29) is 11.1 Å². The number of hydrogen-bond donors (Lipinski definition) is 1. The molecule has 0 aliphatic carbocycles. The summed E-state index contributed by atoms with van der Waals surface area (Å²) in [5.41, 5.74) is 1.01. The van der Waals surface area contributed by atoms with Gasteiger partial charge in [0.05, 0.1) is 27.2 Å². The molecule has 3 aromatic rings. The topological polar surface area (TPSA) is 90.3 Å². The van der Waals surface area contributed by atoms with Crippen LogP contribution in [0.3, 0.4) is 0 Å². The highest BCUT2D eigenvalue weighted by atomic mass is 35.5. The maximum Gasteiger partial charge on any atom is 0.338 e. The molecule has 29 heavy (non-hydrogen) atoms. The van der Waals surface area contributed by atoms with Gasteiger partial charge in [-0.25, -0.2) is 9.78 Å². The van der Waals surface area contributed by atoms with Crippen LogP contribution in [-0.4, -0.2) is 27.5 Å². The number of amides is 1. The molecule has 2 aromatic carbocycles. The van der Waals surface area contributed by atoms with Crippen LogP contribution in [0.2, 0.25) is 5.02 Å². The molecular formula is C21H18ClN3O4. The number of esters is 1. The molecule has 1 aromatic heterocycles. The second-order valence-electron chi connectivity index (χ2n) is 6.84. The Morgan fingerprint density at radius 2 is 2.03 bits per heavy atom. The van der Waals surface area contributed by atoms with E-state index in [0.717, 1.165) is 18.7 Å². The zero-order chi connectivity index (χ0) is 20.5. The lowest BCUT2D eigenvalue weighted by molar-refractivity contribution is -0.123. The molecule has 1 N–H and O–H groups in total. The first-order chi connectivity index (χ1) is 13.9. The van der Waals surface area contributed by atoms with Crippen molar-refractivity contribution >= 4 is 40.1 Å². The fourth-order valence-electron chi connectivity index (χ4n) is 3.29. The van der Waals surface area contributed by atoms with Gasteiger partial charge < -0.3 is 10.1 Å². The molecule has 2 heterocycles. The Labute approximate surface area is 171 Å². The standard InChI is InChI=1S/C21H18ClN3O4/c1-12(19(26)24-16-6-3-2-5-15(16)22)29-21(28)13-8-9-14-17(11-13)23-18-7-4-10-25(18)20(14)27/h2-3,5-6,8-9,11-12H,4,7,10H2,1H3,(H,24,26)/t12-/m1/s1. The fraction of sp³-hybridized carbons (Fsp3) is 0.238. The normalized spacial score (nSPS) is 13.7. The van der Waals surface area contributed by atoms with Crippen LogP contribution in [0.4, 0.5) is 5.69 Å². The highest BCUT2D eigenvalue weighted by Crippen LogP contribution is 2.21. The third-order valence-electron chi connectivity index (χ3n) is 4.84. The van der Waals surface area contributed by atoms with Crippen molar-refractivity contribution in [2.24, 2.45) is 0 Å². The third-order valence-corrected chi connectivity index (χ3v) is 5.17. The van der Waals surface area contributed by atoms with Crippen LogP contribution in [0.5, 0.6) is 0 Å². The Morgan fingerprint density at radius 3 is 2.83 bits per heavy atom. The largest absolute Gasteiger partial charge is 0.449 e. The summed E-state index contributed by atoms with van der Waals surface area (Å²) in [7, 11) is 0. The van der Waals surface area contributed by atoms with E-state index in [0.29, 0.717) is 28.2 Å². The lowest BCUT2D eigenvalue weighted by Gasteiger charge is -2.14. The Morgan fingerprint density at radius 1 is 1.24 bits per heavy atom. The van der Waals surface area contributed by atoms with Crippen LogP contribution in [0, 0.1) is 0 Å². The molecule has 0 unspecified atom stereocenters. The van der Waals surface area contributed by atoms with E-state index in [1.165, 1.54) is 19.1 Å². The summed E-state index contributed by atoms with van der Waals surface area (Å²) in [6.45, 7) is 2.14. The molecule has 8 heteroatoms. The van der Waals surface area contributed by atoms with Gasteiger partial charge in [0.25, 0.3) is 11.5 Å². The molecule has 1 aliphatic heterocycles. The summed E-state index contributed by atoms with van der Waals surface area (Å²) in [5.74, 6) is -0.446. The number of benzene rings is 2. The number of fused-ring (bicyclic) bond motifs is 2. The van der Waals surface area contributed by atoms with Gasteiger partial charge in [0.2, 0.25) is 0 Å². The smallest absolute Gasteiger partial charge is 0.338 e. The highest BCUT2D eigenvalue weighted by Gasteiger charge is 2.21. The van der Waals surface area contributed by atoms with Gasteiger partial charge in [-0.2, -0.15) is 0 Å². The van der Waals surface area contributed by atoms with Crippen LogP contribution < -0.4 is 10.9 Å². The van der Waals surface area contributed by atoms with Gasteiger partial charge in [0, 0.05) is 13.0 Å². The average molecular weight is 412 g/mol. The van der Waals surface area contributed by atoms with E-state index >= 15 is 0 Å². The molecule has 0 fully saturated rings. The summed E-state index contributed by atoms with van der Waals surface area (Å²) in [6, 6.07) is 11.4. The van der Waals surface area contributed by atoms with E-state index in [4.69, 9.17) is 16.3 Å². The van der Waals surface area contributed by atoms with Gasteiger partial charge in [-0.1, -0.05) is 23.7 Å². The van der Waals surface area contributed by atoms with E-state index in [1.807, 2.05) is 0 Å². The maximum absolute atomic E-state index is 12.5. The predicted octanol–water partition coefficient (Wildman–Crippen LogP) is 3.18. The van der Waals surface area contributed by atoms with Gasteiger partial charge in [-0.15, -0.1) is 0 Å². The molecule has 1 amide bonds. The first kappa shape index (κ1) is 19.1. The van der Waals surface area contributed by atoms with Crippen LogP contribution in [0.15, 0.2) is 47.3 Å². The number of aromatic nitrogens is 2. The Bertz CT molecular complexity index is 1190. The fourth-order valence-corrected chi connectivity index (χ4v) is 3.47. The lowest BCUT2D eigenvalue weighted by Crippen LogP contribution is -2.30. The molecule has 1 aliphatic rings. The average Bonchev–Trinajstić information content (AvgIpc) is 3.18. The number of ether oxygens (including phenoxy) is 1. The third kappa shape index (κ3) is 3.73. The molecule has 7 nitrogen and oxygen atoms in total. The predicted molar refractivity (Wildman–Crippen MR) is 109 cm³/mol. The number of carbonyl (C=O) groups is 2. The second-order valence-corrected chi connectivity index (χ2v) is 7.24. The Kier molecular flexibility index (Phi) is 5.07. The number of nitrogens with zero attached hydrogens (tertiary/aromatic N) is 2. The van der Waals surface area contributed by atoms with Crippen LogP contribution >= 0.6 is 11.6 Å². The molecule has 0 saturated heterocycles. The summed E-state index contributed by atoms with van der Waals surface area (Å²) < 4.78 is 6.95. The molecular weight excluding hydrogens is 394 g/mol. The molecule has 0 radical (unpaired) electrons. The number of hydrogen-bond acceptors (Lipinski definition) is 5. The van der Waals surface area contributed by atoms with Crippen molar-refractivity contribution in [1.82, 2.24) is 9.55 Å². The van der Waals surface area contributed by atoms with Crippen molar-refractivity contribution in [3.05, 3.63) is 69.2 Å². The van der Waals surface area contributed by atoms with E-state index in [1.54, 1.807) is 34.9 Å². The van der Waals surface area contributed by atoms with Crippen molar-refractivity contribution in [1.29, 1.82) is 0 Å². The quantitative estimate of drug-likeness (QED) is 0.666. The van der Waals surface area contributed by atoms with Crippen LogP contribution in [-0.2, 0) is 22.5 Å². The monoisotopic (exact) mass is 411 g/mol. The van der Waals surface area contributed by atoms with Gasteiger partial charge in [0.15, 0.2) is 6.10 Å². The number of nitrogens with one attached hydrogen (secondary N) is 1. The van der Waals surface area contributed by atoms with Crippen molar-refractivity contribution < 1.29 is 14.3 Å². The van der Waals surface area contributed by atoms with Gasteiger partial charge in [0.1, 0.15) is 5.82 Å². The van der Waals surface area contributed by atoms with Gasteiger partial charge in [-0.05, 0) is 43.7 Å². The molecule has 1 atom stereocenters. The zero-order valence-corrected chi connectivity index (χ0v) is 16.4. The molecule has 148 valence electrons. The number of carbonyl (C=O) groups excluding carboxylic acids is 2. The summed E-state index contributed by atoms with van der Waals surface area (Å²) >= 11 is 6.03. The van der Waals surface area contributed by atoms with Crippen molar-refractivity contribution in [2.45, 2.75) is 32.4 Å². The Hall–Kier alpha value is -3.19. The Balaban J connectivity index is 1.51. The molecule has 0 spiro atoms. The SMILES string of the molecule is C[C@@H](OC(=O)c1ccc2c(=O)n3c(nc2c1)CCC3)C(=O)Nc1ccccc1Cl. The zero-order valence-electron chi connectivity index (χ0n) is 15.6. The minimum atomic E-state index is -1.03. The minimum absolute atomic E-state index is 0.102. The van der Waals surface area contributed by atoms with Crippen LogP contribution in [0.25, 0.3) is 10.9 Å². The lowest BCUT2D eigenvalue weighted by atomic mass is 10.1. The number of para-hydroxylation sites is 1. The summed E-state index contributed by atoms with van der Waals surface area (Å²) in [6.07, 6.45) is 0.582. The van der Waals surface area contributed by atoms with Gasteiger partial charge >= 0.3 is 5.97 Å². The second kappa shape index (κ2) is 7.67. The molecule has 0 saturated carbocycles. The van der Waals surface area contributed by atoms with Crippen molar-refractivity contribution in [3.63, 3.8) is 0 Å². The van der Waals surface area contributed by atoms with Gasteiger partial charge in [-0.3, -0.25) is 14.2 Å². The summed E-state index contributed by atoms with van der Waals surface area (Å²) in [5, 5.41) is 3.47. The number of rotatable bonds is 4. The van der Waals surface area contributed by atoms with E-state index < -0.39 is 18.0 Å². The number of aryl methyl sites for hydroxylation is 1. The van der Waals surface area contributed by atoms with Crippen LogP contribution in [0.1, 0.15) is 29.5 Å². The summed E-state index contributed by atoms with van der Waals surface area (Å²) in [4.78, 5) is 41.8. The first-order valence-electron chi connectivity index (χ1n) is 9.24. The molecule has 4 rings (SSSR count). The molecule has 0 bridgehead atoms. The van der Waals surface area contributed by atoms with E-state index in [9.17, 15) is 14.4 Å². The number of halogens is 1. The minimum Gasteiger partial charge on any atom is -0.449 e. The highest BCUT2D eigenvalue weighted by molar-refractivity contribution is 6.33. The van der Waals surface area contributed by atoms with E-state index in [2.05, 4.69) is 10.3 Å². The number of anilines is 1. The first-order valence-corrected chi connectivity index (χ1v) is 9.61. The van der Waals surface area contributed by atoms with Crippen molar-refractivity contribution in [2.75, 3.05) is 5.32 Å².